The number of anilines is 1. The molecule has 0 unspecified atom stereocenters. The molecule has 0 aliphatic rings. The number of nitrogens with zero attached hydrogens (tertiary/aromatic N) is 4. The van der Waals surface area contributed by atoms with Crippen LogP contribution in [0, 0.1) is 6.92 Å². The molecule has 0 aliphatic heterocycles. The van der Waals surface area contributed by atoms with E-state index in [4.69, 9.17) is 4.42 Å². The van der Waals surface area contributed by atoms with Crippen LogP contribution in [-0.2, 0) is 0 Å². The number of hydrogen-bond acceptors (Lipinski definition) is 7. The minimum absolute atomic E-state index is 0.0331. The van der Waals surface area contributed by atoms with Crippen molar-refractivity contribution in [3.8, 4) is 11.5 Å². The zero-order chi connectivity index (χ0) is 14.8. The van der Waals surface area contributed by atoms with Crippen molar-refractivity contribution < 1.29 is 9.21 Å². The first kappa shape index (κ1) is 13.8. The van der Waals surface area contributed by atoms with Crippen molar-refractivity contribution in [2.45, 2.75) is 6.92 Å². The van der Waals surface area contributed by atoms with Gasteiger partial charge >= 0.3 is 6.01 Å². The van der Waals surface area contributed by atoms with E-state index in [1.165, 1.54) is 0 Å². The van der Waals surface area contributed by atoms with Gasteiger partial charge in [0.2, 0.25) is 5.89 Å². The number of amides is 1. The smallest absolute Gasteiger partial charge is 0.322 e. The third kappa shape index (κ3) is 2.98. The van der Waals surface area contributed by atoms with E-state index in [9.17, 15) is 4.79 Å². The van der Waals surface area contributed by atoms with Gasteiger partial charge in [0.25, 0.3) is 5.91 Å². The summed E-state index contributed by atoms with van der Waals surface area (Å²) in [4.78, 5) is 12.4. The highest BCUT2D eigenvalue weighted by molar-refractivity contribution is 9.10. The molecule has 3 aromatic rings. The number of aromatic nitrogens is 4. The first-order valence-electron chi connectivity index (χ1n) is 5.83. The van der Waals surface area contributed by atoms with E-state index in [2.05, 4.69) is 41.0 Å². The van der Waals surface area contributed by atoms with Crippen molar-refractivity contribution in [1.29, 1.82) is 0 Å². The summed E-state index contributed by atoms with van der Waals surface area (Å²) in [6.45, 7) is 1.71. The Balaban J connectivity index is 1.78. The maximum absolute atomic E-state index is 12.0. The minimum atomic E-state index is -0.367. The quantitative estimate of drug-likeness (QED) is 0.766. The van der Waals surface area contributed by atoms with Crippen molar-refractivity contribution in [3.63, 3.8) is 0 Å². The summed E-state index contributed by atoms with van der Waals surface area (Å²) in [6, 6.07) is 7.43. The average Bonchev–Trinajstić information content (AvgIpc) is 3.09. The van der Waals surface area contributed by atoms with Crippen molar-refractivity contribution >= 4 is 39.4 Å². The molecule has 3 rings (SSSR count). The molecule has 0 radical (unpaired) electrons. The van der Waals surface area contributed by atoms with E-state index >= 15 is 0 Å². The van der Waals surface area contributed by atoms with Gasteiger partial charge < -0.3 is 4.42 Å². The number of benzene rings is 1. The van der Waals surface area contributed by atoms with E-state index < -0.39 is 0 Å². The van der Waals surface area contributed by atoms with Crippen LogP contribution in [0.2, 0.25) is 0 Å². The second-order valence-electron chi connectivity index (χ2n) is 4.06. The van der Waals surface area contributed by atoms with Gasteiger partial charge in [-0.25, -0.2) is 0 Å². The van der Waals surface area contributed by atoms with Crippen molar-refractivity contribution in [1.82, 2.24) is 19.8 Å². The summed E-state index contributed by atoms with van der Waals surface area (Å²) in [7, 11) is 0. The van der Waals surface area contributed by atoms with Crippen molar-refractivity contribution in [2.24, 2.45) is 0 Å². The summed E-state index contributed by atoms with van der Waals surface area (Å²) in [5, 5.41) is 14.0. The Morgan fingerprint density at radius 1 is 1.24 bits per heavy atom. The third-order valence-corrected chi connectivity index (χ3v) is 3.95. The zero-order valence-electron chi connectivity index (χ0n) is 10.7. The molecular formula is C12H8BrN5O2S. The lowest BCUT2D eigenvalue weighted by molar-refractivity contribution is 0.102. The first-order valence-corrected chi connectivity index (χ1v) is 7.40. The summed E-state index contributed by atoms with van der Waals surface area (Å²) < 4.78 is 10.1. The zero-order valence-corrected chi connectivity index (χ0v) is 13.1. The monoisotopic (exact) mass is 365 g/mol. The fourth-order valence-electron chi connectivity index (χ4n) is 1.58. The predicted molar refractivity (Wildman–Crippen MR) is 80.0 cm³/mol. The Kier molecular flexibility index (Phi) is 3.76. The van der Waals surface area contributed by atoms with Crippen LogP contribution in [0.15, 0.2) is 33.2 Å². The van der Waals surface area contributed by atoms with Gasteiger partial charge in [0.05, 0.1) is 5.69 Å². The normalized spacial score (nSPS) is 10.6. The molecule has 1 amide bonds. The van der Waals surface area contributed by atoms with E-state index in [0.717, 1.165) is 21.6 Å². The number of rotatable bonds is 3. The summed E-state index contributed by atoms with van der Waals surface area (Å²) in [5.74, 6) is -0.0366. The number of hydrogen-bond donors (Lipinski definition) is 1. The summed E-state index contributed by atoms with van der Waals surface area (Å²) in [6.07, 6.45) is 0. The summed E-state index contributed by atoms with van der Waals surface area (Å²) >= 11 is 4.36. The largest absolute Gasteiger partial charge is 0.403 e. The molecule has 0 fully saturated rings. The van der Waals surface area contributed by atoms with Gasteiger partial charge in [-0.05, 0) is 42.7 Å². The Labute approximate surface area is 131 Å². The third-order valence-electron chi connectivity index (χ3n) is 2.59. The Hall–Kier alpha value is -2.13. The lowest BCUT2D eigenvalue weighted by Crippen LogP contribution is -2.11. The van der Waals surface area contributed by atoms with Gasteiger partial charge in [0, 0.05) is 10.0 Å². The Morgan fingerprint density at radius 2 is 2.00 bits per heavy atom. The Morgan fingerprint density at radius 3 is 2.67 bits per heavy atom. The van der Waals surface area contributed by atoms with Gasteiger partial charge in [0.1, 0.15) is 4.88 Å². The molecule has 21 heavy (non-hydrogen) atoms. The maximum atomic E-state index is 12.0. The predicted octanol–water partition coefficient (Wildman–Crippen LogP) is 2.91. The highest BCUT2D eigenvalue weighted by Gasteiger charge is 2.16. The molecule has 0 saturated carbocycles. The molecule has 0 saturated heterocycles. The topological polar surface area (TPSA) is 93.8 Å². The van der Waals surface area contributed by atoms with Crippen LogP contribution in [0.4, 0.5) is 6.01 Å². The van der Waals surface area contributed by atoms with Gasteiger partial charge in [-0.3, -0.25) is 10.1 Å². The molecule has 7 nitrogen and oxygen atoms in total. The molecule has 9 heteroatoms. The second-order valence-corrected chi connectivity index (χ2v) is 5.73. The van der Waals surface area contributed by atoms with Crippen LogP contribution >= 0.6 is 27.5 Å². The lowest BCUT2D eigenvalue weighted by Gasteiger charge is -1.97. The number of halogens is 1. The molecule has 1 aromatic carbocycles. The van der Waals surface area contributed by atoms with Crippen LogP contribution in [0.5, 0.6) is 0 Å². The lowest BCUT2D eigenvalue weighted by atomic mass is 10.2. The van der Waals surface area contributed by atoms with Gasteiger partial charge in [0.15, 0.2) is 0 Å². The van der Waals surface area contributed by atoms with Gasteiger partial charge in [-0.2, -0.15) is 0 Å². The SMILES string of the molecule is Cc1nnsc1C(=O)Nc1nnc(-c2ccc(Br)cc2)o1. The molecule has 2 aromatic heterocycles. The summed E-state index contributed by atoms with van der Waals surface area (Å²) in [5.41, 5.74) is 1.33. The minimum Gasteiger partial charge on any atom is -0.403 e. The number of nitrogens with one attached hydrogen (secondary N) is 1. The van der Waals surface area contributed by atoms with E-state index in [1.54, 1.807) is 6.92 Å². The number of carbonyl (C=O) groups is 1. The van der Waals surface area contributed by atoms with E-state index in [0.29, 0.717) is 16.5 Å². The van der Waals surface area contributed by atoms with Crippen LogP contribution in [-0.4, -0.2) is 25.7 Å². The Bertz CT molecular complexity index is 783. The fourth-order valence-corrected chi connectivity index (χ4v) is 2.39. The number of carbonyl (C=O) groups excluding carboxylic acids is 1. The molecule has 0 aliphatic carbocycles. The average molecular weight is 366 g/mol. The maximum Gasteiger partial charge on any atom is 0.322 e. The fraction of sp³-hybridized carbons (Fsp3) is 0.0833. The molecule has 0 spiro atoms. The number of aryl methyl sites for hydroxylation is 1. The molecule has 0 bridgehead atoms. The molecule has 0 atom stereocenters. The first-order chi connectivity index (χ1) is 10.1. The van der Waals surface area contributed by atoms with Crippen LogP contribution < -0.4 is 5.32 Å². The molecule has 1 N–H and O–H groups in total. The van der Waals surface area contributed by atoms with Crippen molar-refractivity contribution in [2.75, 3.05) is 5.32 Å². The highest BCUT2D eigenvalue weighted by atomic mass is 79.9. The van der Waals surface area contributed by atoms with Crippen LogP contribution in [0.3, 0.4) is 0 Å². The van der Waals surface area contributed by atoms with Crippen molar-refractivity contribution in [3.05, 3.63) is 39.3 Å². The molecule has 2 heterocycles. The molecular weight excluding hydrogens is 358 g/mol. The van der Waals surface area contributed by atoms with Gasteiger partial charge in [-0.15, -0.1) is 10.2 Å². The molecule has 106 valence electrons. The standard InChI is InChI=1S/C12H8BrN5O2S/c1-6-9(21-18-15-6)10(19)14-12-17-16-11(20-12)7-2-4-8(13)5-3-7/h2-5H,1H3,(H,14,17,19). The highest BCUT2D eigenvalue weighted by Crippen LogP contribution is 2.22. The van der Waals surface area contributed by atoms with Gasteiger partial charge in [-0.1, -0.05) is 25.5 Å². The second kappa shape index (κ2) is 5.70. The van der Waals surface area contributed by atoms with Crippen LogP contribution in [0.25, 0.3) is 11.5 Å². The van der Waals surface area contributed by atoms with E-state index in [-0.39, 0.29) is 11.9 Å². The van der Waals surface area contributed by atoms with Crippen LogP contribution in [0.1, 0.15) is 15.4 Å². The van der Waals surface area contributed by atoms with E-state index in [1.807, 2.05) is 24.3 Å².